The molecule has 2 heterocycles. The van der Waals surface area contributed by atoms with Gasteiger partial charge in [0.1, 0.15) is 0 Å². The first-order chi connectivity index (χ1) is 8.75. The first kappa shape index (κ1) is 11.0. The Morgan fingerprint density at radius 2 is 1.83 bits per heavy atom. The van der Waals surface area contributed by atoms with E-state index in [4.69, 9.17) is 0 Å². The van der Waals surface area contributed by atoms with Crippen molar-refractivity contribution >= 4 is 5.70 Å². The van der Waals surface area contributed by atoms with Crippen LogP contribution in [0, 0.1) is 0 Å². The number of hydrogen-bond donors (Lipinski definition) is 1. The molecule has 0 atom stereocenters. The van der Waals surface area contributed by atoms with Crippen LogP contribution in [-0.4, -0.2) is 35.5 Å². The van der Waals surface area contributed by atoms with Crippen LogP contribution in [0.4, 0.5) is 0 Å². The van der Waals surface area contributed by atoms with Gasteiger partial charge in [0.2, 0.25) is 0 Å². The summed E-state index contributed by atoms with van der Waals surface area (Å²) < 4.78 is 0. The van der Waals surface area contributed by atoms with Crippen molar-refractivity contribution < 1.29 is 0 Å². The minimum Gasteiger partial charge on any atom is -0.361 e. The predicted octanol–water partition coefficient (Wildman–Crippen LogP) is 2.81. The van der Waals surface area contributed by atoms with Crippen LogP contribution in [0.1, 0.15) is 5.69 Å². The van der Waals surface area contributed by atoms with Gasteiger partial charge in [-0.05, 0) is 11.6 Å². The van der Waals surface area contributed by atoms with Crippen LogP contribution in [0.15, 0.2) is 48.8 Å². The van der Waals surface area contributed by atoms with Crippen molar-refractivity contribution in [1.82, 2.24) is 14.8 Å². The summed E-state index contributed by atoms with van der Waals surface area (Å²) in [5.41, 5.74) is 4.93. The highest BCUT2D eigenvalue weighted by atomic mass is 15.3. The van der Waals surface area contributed by atoms with Crippen LogP contribution in [0.5, 0.6) is 0 Å². The molecule has 1 aromatic carbocycles. The van der Waals surface area contributed by atoms with E-state index >= 15 is 0 Å². The standard InChI is InChI=1S/C15H17N3/c1-17-10-14(18(2)11-17)15-13(8-9-16-15)12-6-4-3-5-7-12/h3-10,16H,11H2,1-2H3. The fourth-order valence-corrected chi connectivity index (χ4v) is 2.45. The number of aromatic amines is 1. The van der Waals surface area contributed by atoms with E-state index < -0.39 is 0 Å². The maximum absolute atomic E-state index is 3.36. The molecule has 92 valence electrons. The van der Waals surface area contributed by atoms with Gasteiger partial charge in [-0.25, -0.2) is 0 Å². The van der Waals surface area contributed by atoms with Crippen LogP contribution in [0.3, 0.4) is 0 Å². The Bertz CT molecular complexity index is 568. The molecule has 0 fully saturated rings. The van der Waals surface area contributed by atoms with Gasteiger partial charge in [0.05, 0.1) is 18.1 Å². The molecule has 3 nitrogen and oxygen atoms in total. The van der Waals surface area contributed by atoms with Gasteiger partial charge < -0.3 is 14.8 Å². The Kier molecular flexibility index (Phi) is 2.59. The second-order valence-corrected chi connectivity index (χ2v) is 4.74. The Morgan fingerprint density at radius 1 is 1.06 bits per heavy atom. The SMILES string of the molecule is CN1C=C(c2[nH]ccc2-c2ccccc2)N(C)C1. The van der Waals surface area contributed by atoms with Crippen LogP contribution >= 0.6 is 0 Å². The number of nitrogens with zero attached hydrogens (tertiary/aromatic N) is 2. The zero-order valence-electron chi connectivity index (χ0n) is 10.7. The summed E-state index contributed by atoms with van der Waals surface area (Å²) in [4.78, 5) is 7.79. The third kappa shape index (κ3) is 1.78. The van der Waals surface area contributed by atoms with Gasteiger partial charge in [0, 0.05) is 32.1 Å². The molecule has 0 saturated carbocycles. The quantitative estimate of drug-likeness (QED) is 0.870. The fraction of sp³-hybridized carbons (Fsp3) is 0.200. The third-order valence-corrected chi connectivity index (χ3v) is 3.28. The Balaban J connectivity index is 2.05. The van der Waals surface area contributed by atoms with Crippen molar-refractivity contribution in [2.45, 2.75) is 0 Å². The normalized spacial score (nSPS) is 15.1. The zero-order valence-corrected chi connectivity index (χ0v) is 10.7. The molecule has 3 heteroatoms. The number of H-pyrrole nitrogens is 1. The lowest BCUT2D eigenvalue weighted by molar-refractivity contribution is 0.347. The number of nitrogens with one attached hydrogen (secondary N) is 1. The highest BCUT2D eigenvalue weighted by molar-refractivity contribution is 5.79. The maximum Gasteiger partial charge on any atom is 0.0893 e. The average molecular weight is 239 g/mol. The molecule has 18 heavy (non-hydrogen) atoms. The molecule has 2 aromatic rings. The smallest absolute Gasteiger partial charge is 0.0893 e. The largest absolute Gasteiger partial charge is 0.361 e. The number of aromatic nitrogens is 1. The molecule has 0 aliphatic carbocycles. The highest BCUT2D eigenvalue weighted by Gasteiger charge is 2.20. The molecule has 1 aliphatic heterocycles. The highest BCUT2D eigenvalue weighted by Crippen LogP contribution is 2.31. The molecule has 0 bridgehead atoms. The summed E-state index contributed by atoms with van der Waals surface area (Å²) in [5.74, 6) is 0. The predicted molar refractivity (Wildman–Crippen MR) is 74.6 cm³/mol. The first-order valence-electron chi connectivity index (χ1n) is 6.12. The van der Waals surface area contributed by atoms with Gasteiger partial charge in [-0.1, -0.05) is 30.3 Å². The zero-order chi connectivity index (χ0) is 12.5. The van der Waals surface area contributed by atoms with E-state index in [1.165, 1.54) is 22.5 Å². The lowest BCUT2D eigenvalue weighted by Crippen LogP contribution is -2.20. The van der Waals surface area contributed by atoms with E-state index in [9.17, 15) is 0 Å². The average Bonchev–Trinajstić information content (AvgIpc) is 2.96. The Labute approximate surface area is 107 Å². The van der Waals surface area contributed by atoms with E-state index in [1.807, 2.05) is 12.3 Å². The van der Waals surface area contributed by atoms with Crippen molar-refractivity contribution in [3.8, 4) is 11.1 Å². The summed E-state index contributed by atoms with van der Waals surface area (Å²) in [5, 5.41) is 0. The monoisotopic (exact) mass is 239 g/mol. The van der Waals surface area contributed by atoms with Gasteiger partial charge in [-0.2, -0.15) is 0 Å². The Hall–Kier alpha value is -2.16. The second kappa shape index (κ2) is 4.26. The summed E-state index contributed by atoms with van der Waals surface area (Å²) in [6, 6.07) is 12.6. The molecule has 0 unspecified atom stereocenters. The minimum atomic E-state index is 0.933. The van der Waals surface area contributed by atoms with Crippen molar-refractivity contribution in [3.05, 3.63) is 54.5 Å². The van der Waals surface area contributed by atoms with E-state index in [0.717, 1.165) is 6.67 Å². The second-order valence-electron chi connectivity index (χ2n) is 4.74. The molecule has 0 spiro atoms. The molecule has 3 rings (SSSR count). The minimum absolute atomic E-state index is 0.933. The van der Waals surface area contributed by atoms with Crippen molar-refractivity contribution in [3.63, 3.8) is 0 Å². The maximum atomic E-state index is 3.36. The van der Waals surface area contributed by atoms with E-state index in [-0.39, 0.29) is 0 Å². The topological polar surface area (TPSA) is 22.3 Å². The lowest BCUT2D eigenvalue weighted by atomic mass is 10.0. The van der Waals surface area contributed by atoms with Gasteiger partial charge in [0.25, 0.3) is 0 Å². The van der Waals surface area contributed by atoms with Gasteiger partial charge >= 0.3 is 0 Å². The van der Waals surface area contributed by atoms with E-state index in [2.05, 4.69) is 65.4 Å². The molecule has 0 radical (unpaired) electrons. The molecule has 1 aliphatic rings. The molecule has 1 aromatic heterocycles. The molecular weight excluding hydrogens is 222 g/mol. The van der Waals surface area contributed by atoms with Crippen LogP contribution in [-0.2, 0) is 0 Å². The Morgan fingerprint density at radius 3 is 2.50 bits per heavy atom. The van der Waals surface area contributed by atoms with Crippen LogP contribution in [0.25, 0.3) is 16.8 Å². The van der Waals surface area contributed by atoms with Gasteiger partial charge in [-0.15, -0.1) is 0 Å². The summed E-state index contributed by atoms with van der Waals surface area (Å²) in [6.45, 7) is 0.933. The summed E-state index contributed by atoms with van der Waals surface area (Å²) in [6.07, 6.45) is 4.18. The number of benzene rings is 1. The summed E-state index contributed by atoms with van der Waals surface area (Å²) in [7, 11) is 4.21. The van der Waals surface area contributed by atoms with E-state index in [0.29, 0.717) is 0 Å². The molecule has 0 amide bonds. The van der Waals surface area contributed by atoms with Crippen LogP contribution in [0.2, 0.25) is 0 Å². The third-order valence-electron chi connectivity index (χ3n) is 3.28. The number of rotatable bonds is 2. The van der Waals surface area contributed by atoms with Crippen molar-refractivity contribution in [1.29, 1.82) is 0 Å². The van der Waals surface area contributed by atoms with E-state index in [1.54, 1.807) is 0 Å². The summed E-state index contributed by atoms with van der Waals surface area (Å²) >= 11 is 0. The van der Waals surface area contributed by atoms with Gasteiger partial charge in [0.15, 0.2) is 0 Å². The molecule has 0 saturated heterocycles. The lowest BCUT2D eigenvalue weighted by Gasteiger charge is -2.16. The number of hydrogen-bond acceptors (Lipinski definition) is 2. The van der Waals surface area contributed by atoms with Gasteiger partial charge in [-0.3, -0.25) is 0 Å². The molecule has 1 N–H and O–H groups in total. The fourth-order valence-electron chi connectivity index (χ4n) is 2.45. The van der Waals surface area contributed by atoms with Crippen molar-refractivity contribution in [2.24, 2.45) is 0 Å². The van der Waals surface area contributed by atoms with Crippen LogP contribution < -0.4 is 0 Å². The molecular formula is C15H17N3. The first-order valence-corrected chi connectivity index (χ1v) is 6.12. The van der Waals surface area contributed by atoms with Crippen molar-refractivity contribution in [2.75, 3.05) is 20.8 Å².